The average Bonchev–Trinajstić information content (AvgIpc) is 3.55. The van der Waals surface area contributed by atoms with Gasteiger partial charge < -0.3 is 14.0 Å². The molecule has 0 aliphatic heterocycles. The van der Waals surface area contributed by atoms with E-state index in [0.29, 0.717) is 23.6 Å². The van der Waals surface area contributed by atoms with Gasteiger partial charge in [-0.15, -0.1) is 0 Å². The highest BCUT2D eigenvalue weighted by atomic mass is 32.2. The molecule has 214 valence electrons. The molecule has 3 aromatic carbocycles. The number of sulfonamides is 1. The van der Waals surface area contributed by atoms with Crippen LogP contribution in [0.4, 0.5) is 10.6 Å². The molecule has 1 aliphatic rings. The Kier molecular flexibility index (Phi) is 8.03. The fraction of sp³-hybridized carbons (Fsp3) is 0.290. The zero-order valence-electron chi connectivity index (χ0n) is 23.3. The molecule has 41 heavy (non-hydrogen) atoms. The Balaban J connectivity index is 1.42. The second-order valence-corrected chi connectivity index (χ2v) is 11.9. The minimum absolute atomic E-state index is 0.0411. The number of benzene rings is 3. The highest BCUT2D eigenvalue weighted by molar-refractivity contribution is 7.90. The number of fused-ring (bicyclic) bond motifs is 1. The number of carbonyl (C=O) groups is 2. The first-order valence-corrected chi connectivity index (χ1v) is 15.0. The molecule has 0 bridgehead atoms. The van der Waals surface area contributed by atoms with Crippen LogP contribution in [0.25, 0.3) is 10.9 Å². The van der Waals surface area contributed by atoms with Crippen LogP contribution in [0.2, 0.25) is 0 Å². The predicted molar refractivity (Wildman–Crippen MR) is 157 cm³/mol. The van der Waals surface area contributed by atoms with E-state index in [4.69, 9.17) is 9.47 Å². The lowest BCUT2D eigenvalue weighted by molar-refractivity contribution is 0.0980. The van der Waals surface area contributed by atoms with Gasteiger partial charge in [-0.25, -0.2) is 17.9 Å². The third-order valence-corrected chi connectivity index (χ3v) is 9.03. The van der Waals surface area contributed by atoms with Gasteiger partial charge in [-0.1, -0.05) is 42.5 Å². The van der Waals surface area contributed by atoms with E-state index < -0.39 is 22.0 Å². The molecule has 2 amide bonds. The summed E-state index contributed by atoms with van der Waals surface area (Å²) in [5.41, 5.74) is 3.24. The van der Waals surface area contributed by atoms with Crippen molar-refractivity contribution in [3.05, 3.63) is 89.0 Å². The van der Waals surface area contributed by atoms with Crippen LogP contribution >= 0.6 is 0 Å². The molecule has 9 nitrogen and oxygen atoms in total. The van der Waals surface area contributed by atoms with Crippen LogP contribution in [0, 0.1) is 6.92 Å². The third kappa shape index (κ3) is 5.92. The van der Waals surface area contributed by atoms with Crippen LogP contribution in [0.15, 0.2) is 71.6 Å². The van der Waals surface area contributed by atoms with Gasteiger partial charge in [0.25, 0.3) is 15.9 Å². The number of methoxy groups -OCH3 is 1. The molecule has 0 atom stereocenters. The minimum Gasteiger partial charge on any atom is -0.496 e. The maximum atomic E-state index is 13.0. The molecule has 1 fully saturated rings. The van der Waals surface area contributed by atoms with Crippen molar-refractivity contribution in [2.45, 2.75) is 50.0 Å². The third-order valence-electron chi connectivity index (χ3n) is 7.53. The lowest BCUT2D eigenvalue weighted by Crippen LogP contribution is -2.31. The summed E-state index contributed by atoms with van der Waals surface area (Å²) in [6.07, 6.45) is 3.69. The van der Waals surface area contributed by atoms with Gasteiger partial charge in [-0.05, 0) is 68.0 Å². The van der Waals surface area contributed by atoms with E-state index in [9.17, 15) is 18.0 Å². The standard InChI is InChI=1S/C31H33N3O6S/c1-20-10-4-9-15-28(20)41(37,38)33-30(35)22-17-16-21(27(19-22)39-3)18-25-24-13-7-8-14-26(24)34(2)29(25)32-31(36)40-23-11-5-6-12-23/h4,7-10,13-17,19,23H,5-6,11-12,18H2,1-3H3,(H,32,36)(H,33,35). The summed E-state index contributed by atoms with van der Waals surface area (Å²) in [6, 6.07) is 19.1. The quantitative estimate of drug-likeness (QED) is 0.279. The van der Waals surface area contributed by atoms with Gasteiger partial charge in [0.1, 0.15) is 17.7 Å². The number of aromatic nitrogens is 1. The summed E-state index contributed by atoms with van der Waals surface area (Å²) in [7, 11) is -0.682. The van der Waals surface area contributed by atoms with Crippen LogP contribution in [0.3, 0.4) is 0 Å². The number of hydrogen-bond acceptors (Lipinski definition) is 6. The summed E-state index contributed by atoms with van der Waals surface area (Å²) < 4.78 is 41.1. The van der Waals surface area contributed by atoms with E-state index in [2.05, 4.69) is 10.0 Å². The van der Waals surface area contributed by atoms with E-state index in [1.165, 1.54) is 19.2 Å². The van der Waals surface area contributed by atoms with Crippen molar-refractivity contribution in [2.24, 2.45) is 7.05 Å². The number of amides is 2. The number of nitrogens with one attached hydrogen (secondary N) is 2. The Morgan fingerprint density at radius 3 is 2.44 bits per heavy atom. The topological polar surface area (TPSA) is 116 Å². The van der Waals surface area contributed by atoms with Crippen molar-refractivity contribution in [3.63, 3.8) is 0 Å². The van der Waals surface area contributed by atoms with E-state index in [1.54, 1.807) is 37.3 Å². The molecule has 1 saturated carbocycles. The van der Waals surface area contributed by atoms with Crippen LogP contribution < -0.4 is 14.8 Å². The minimum atomic E-state index is -4.06. The molecule has 0 unspecified atom stereocenters. The highest BCUT2D eigenvalue weighted by Gasteiger charge is 2.24. The number of rotatable bonds is 8. The first kappa shape index (κ1) is 28.2. The number of nitrogens with zero attached hydrogens (tertiary/aromatic N) is 1. The van der Waals surface area contributed by atoms with Gasteiger partial charge in [0, 0.05) is 35.5 Å². The molecule has 1 aromatic heterocycles. The predicted octanol–water partition coefficient (Wildman–Crippen LogP) is 5.70. The Labute approximate surface area is 239 Å². The van der Waals surface area contributed by atoms with E-state index in [-0.39, 0.29) is 16.6 Å². The fourth-order valence-corrected chi connectivity index (χ4v) is 6.63. The molecule has 10 heteroatoms. The van der Waals surface area contributed by atoms with Gasteiger partial charge in [-0.3, -0.25) is 10.1 Å². The van der Waals surface area contributed by atoms with Gasteiger partial charge in [0.05, 0.1) is 12.0 Å². The molecule has 0 radical (unpaired) electrons. The monoisotopic (exact) mass is 575 g/mol. The molecular weight excluding hydrogens is 542 g/mol. The van der Waals surface area contributed by atoms with Gasteiger partial charge in [0.15, 0.2) is 0 Å². The van der Waals surface area contributed by atoms with E-state index in [0.717, 1.165) is 47.7 Å². The van der Waals surface area contributed by atoms with Crippen molar-refractivity contribution in [1.29, 1.82) is 0 Å². The van der Waals surface area contributed by atoms with E-state index in [1.807, 2.05) is 35.9 Å². The first-order valence-electron chi connectivity index (χ1n) is 13.5. The van der Waals surface area contributed by atoms with Gasteiger partial charge in [-0.2, -0.15) is 0 Å². The summed E-state index contributed by atoms with van der Waals surface area (Å²) >= 11 is 0. The normalized spacial score (nSPS) is 13.7. The number of ether oxygens (including phenoxy) is 2. The van der Waals surface area contributed by atoms with Gasteiger partial charge >= 0.3 is 6.09 Å². The smallest absolute Gasteiger partial charge is 0.413 e. The number of aryl methyl sites for hydroxylation is 2. The Morgan fingerprint density at radius 2 is 1.71 bits per heavy atom. The lowest BCUT2D eigenvalue weighted by atomic mass is 10.0. The van der Waals surface area contributed by atoms with Crippen molar-refractivity contribution in [2.75, 3.05) is 12.4 Å². The Morgan fingerprint density at radius 1 is 1.00 bits per heavy atom. The second kappa shape index (κ2) is 11.7. The van der Waals surface area contributed by atoms with Crippen molar-refractivity contribution < 1.29 is 27.5 Å². The lowest BCUT2D eigenvalue weighted by Gasteiger charge is -2.15. The second-order valence-electron chi connectivity index (χ2n) is 10.2. The Bertz CT molecular complexity index is 1720. The van der Waals surface area contributed by atoms with Crippen molar-refractivity contribution in [3.8, 4) is 5.75 Å². The zero-order valence-corrected chi connectivity index (χ0v) is 24.1. The van der Waals surface area contributed by atoms with Gasteiger partial charge in [0.2, 0.25) is 0 Å². The number of para-hydroxylation sites is 1. The van der Waals surface area contributed by atoms with Crippen LogP contribution in [-0.2, 0) is 28.2 Å². The first-order chi connectivity index (χ1) is 19.7. The maximum absolute atomic E-state index is 13.0. The number of anilines is 1. The number of hydrogen-bond donors (Lipinski definition) is 2. The molecular formula is C31H33N3O6S. The van der Waals surface area contributed by atoms with Crippen molar-refractivity contribution in [1.82, 2.24) is 9.29 Å². The van der Waals surface area contributed by atoms with Crippen LogP contribution in [-0.4, -0.2) is 38.2 Å². The molecule has 0 saturated heterocycles. The molecule has 5 rings (SSSR count). The fourth-order valence-electron chi connectivity index (χ4n) is 5.41. The van der Waals surface area contributed by atoms with Crippen molar-refractivity contribution >= 4 is 38.7 Å². The Hall–Kier alpha value is -4.31. The van der Waals surface area contributed by atoms with Crippen LogP contribution in [0.1, 0.15) is 52.7 Å². The summed E-state index contributed by atoms with van der Waals surface area (Å²) in [6.45, 7) is 1.67. The molecule has 4 aromatic rings. The molecule has 1 aliphatic carbocycles. The molecule has 2 N–H and O–H groups in total. The molecule has 1 heterocycles. The maximum Gasteiger partial charge on any atom is 0.413 e. The van der Waals surface area contributed by atoms with E-state index >= 15 is 0 Å². The summed E-state index contributed by atoms with van der Waals surface area (Å²) in [4.78, 5) is 25.8. The zero-order chi connectivity index (χ0) is 29.1. The SMILES string of the molecule is COc1cc(C(=O)NS(=O)(=O)c2ccccc2C)ccc1Cc1c(NC(=O)OC2CCCC2)n(C)c2ccccc12. The largest absolute Gasteiger partial charge is 0.496 e. The van der Waals surface area contributed by atoms with Crippen LogP contribution in [0.5, 0.6) is 5.75 Å². The number of carbonyl (C=O) groups excluding carboxylic acids is 2. The average molecular weight is 576 g/mol. The summed E-state index contributed by atoms with van der Waals surface area (Å²) in [5.74, 6) is 0.265. The highest BCUT2D eigenvalue weighted by Crippen LogP contribution is 2.34. The molecule has 0 spiro atoms. The summed E-state index contributed by atoms with van der Waals surface area (Å²) in [5, 5.41) is 3.92.